The molecular formula is C10H20N2O2S. The molecular weight excluding hydrogens is 212 g/mol. The largest absolute Gasteiger partial charge is 0.314 e. The smallest absolute Gasteiger partial charge is 0.214 e. The summed E-state index contributed by atoms with van der Waals surface area (Å²) in [6.07, 6.45) is 3.16. The summed E-state index contributed by atoms with van der Waals surface area (Å²) in [6, 6.07) is 0.680. The number of fused-ring (bicyclic) bond motifs is 2. The molecule has 1 heterocycles. The van der Waals surface area contributed by atoms with Crippen LogP contribution < -0.4 is 10.0 Å². The Balaban J connectivity index is 1.96. The molecule has 4 nitrogen and oxygen atoms in total. The standard InChI is InChI=1S/C10H20N2O2S/c1-7(2)15(13,14)12-10-4-8-3-9(5-10)11-6-8/h7-12H,3-6H2,1-2H3. The highest BCUT2D eigenvalue weighted by Crippen LogP contribution is 2.29. The van der Waals surface area contributed by atoms with E-state index in [2.05, 4.69) is 10.0 Å². The predicted octanol–water partition coefficient (Wildman–Crippen LogP) is 0.455. The van der Waals surface area contributed by atoms with E-state index in [1.807, 2.05) is 0 Å². The molecule has 0 aromatic heterocycles. The maximum atomic E-state index is 11.7. The third-order valence-electron chi connectivity index (χ3n) is 3.45. The fraction of sp³-hybridized carbons (Fsp3) is 1.00. The van der Waals surface area contributed by atoms with Crippen LogP contribution in [0.4, 0.5) is 0 Å². The van der Waals surface area contributed by atoms with Crippen LogP contribution in [0, 0.1) is 5.92 Å². The van der Waals surface area contributed by atoms with Crippen LogP contribution in [-0.4, -0.2) is 32.3 Å². The molecule has 3 atom stereocenters. The van der Waals surface area contributed by atoms with Crippen LogP contribution in [0.1, 0.15) is 33.1 Å². The van der Waals surface area contributed by atoms with Gasteiger partial charge in [0.05, 0.1) is 5.25 Å². The second kappa shape index (κ2) is 4.03. The first-order valence-corrected chi connectivity index (χ1v) is 7.26. The van der Waals surface area contributed by atoms with Crippen molar-refractivity contribution in [1.82, 2.24) is 10.0 Å². The summed E-state index contributed by atoms with van der Waals surface area (Å²) < 4.78 is 26.2. The number of nitrogens with one attached hydrogen (secondary N) is 2. The Kier molecular flexibility index (Phi) is 3.05. The maximum Gasteiger partial charge on any atom is 0.214 e. The van der Waals surface area contributed by atoms with Crippen molar-refractivity contribution in [2.24, 2.45) is 5.92 Å². The molecule has 2 rings (SSSR count). The van der Waals surface area contributed by atoms with Gasteiger partial charge in [-0.15, -0.1) is 0 Å². The second-order valence-electron chi connectivity index (χ2n) is 5.09. The van der Waals surface area contributed by atoms with Gasteiger partial charge in [0.2, 0.25) is 10.0 Å². The molecule has 1 aliphatic heterocycles. The quantitative estimate of drug-likeness (QED) is 0.743. The maximum absolute atomic E-state index is 11.7. The average molecular weight is 232 g/mol. The molecule has 1 saturated carbocycles. The van der Waals surface area contributed by atoms with E-state index in [9.17, 15) is 8.42 Å². The lowest BCUT2D eigenvalue weighted by Crippen LogP contribution is -2.43. The lowest BCUT2D eigenvalue weighted by molar-refractivity contribution is 0.345. The van der Waals surface area contributed by atoms with E-state index in [-0.39, 0.29) is 11.3 Å². The number of hydrogen-bond acceptors (Lipinski definition) is 3. The molecule has 0 radical (unpaired) electrons. The molecule has 2 aliphatic rings. The Morgan fingerprint density at radius 1 is 1.27 bits per heavy atom. The van der Waals surface area contributed by atoms with Gasteiger partial charge in [0, 0.05) is 12.1 Å². The Hall–Kier alpha value is -0.130. The van der Waals surface area contributed by atoms with Gasteiger partial charge in [0.1, 0.15) is 0 Å². The van der Waals surface area contributed by atoms with Gasteiger partial charge in [0.15, 0.2) is 0 Å². The lowest BCUT2D eigenvalue weighted by Gasteiger charge is -2.28. The summed E-state index contributed by atoms with van der Waals surface area (Å²) in [5.74, 6) is 0.670. The molecule has 0 amide bonds. The molecule has 0 aromatic rings. The minimum atomic E-state index is -3.09. The Labute approximate surface area is 91.9 Å². The van der Waals surface area contributed by atoms with Crippen LogP contribution in [0.2, 0.25) is 0 Å². The van der Waals surface area contributed by atoms with Crippen LogP contribution in [0.3, 0.4) is 0 Å². The molecule has 15 heavy (non-hydrogen) atoms. The summed E-state index contributed by atoms with van der Waals surface area (Å²) in [5, 5.41) is 3.10. The highest BCUT2D eigenvalue weighted by molar-refractivity contribution is 7.90. The molecule has 1 saturated heterocycles. The van der Waals surface area contributed by atoms with Gasteiger partial charge in [0.25, 0.3) is 0 Å². The van der Waals surface area contributed by atoms with Crippen molar-refractivity contribution >= 4 is 10.0 Å². The Morgan fingerprint density at radius 3 is 2.60 bits per heavy atom. The molecule has 0 aromatic carbocycles. The molecule has 1 aliphatic carbocycles. The van der Waals surface area contributed by atoms with Crippen molar-refractivity contribution in [1.29, 1.82) is 0 Å². The SMILES string of the molecule is CC(C)S(=O)(=O)NC1CC2CNC(C2)C1. The number of hydrogen-bond donors (Lipinski definition) is 2. The van der Waals surface area contributed by atoms with Crippen molar-refractivity contribution in [3.8, 4) is 0 Å². The summed E-state index contributed by atoms with van der Waals surface area (Å²) in [5.41, 5.74) is 0. The van der Waals surface area contributed by atoms with E-state index in [0.717, 1.165) is 19.4 Å². The first-order valence-electron chi connectivity index (χ1n) is 5.72. The summed E-state index contributed by atoms with van der Waals surface area (Å²) in [7, 11) is -3.09. The van der Waals surface area contributed by atoms with Gasteiger partial charge >= 0.3 is 0 Å². The molecule has 3 unspecified atom stereocenters. The molecule has 2 fully saturated rings. The first-order chi connectivity index (χ1) is 6.97. The van der Waals surface area contributed by atoms with Gasteiger partial charge in [-0.05, 0) is 45.6 Å². The fourth-order valence-electron chi connectivity index (χ4n) is 2.57. The van der Waals surface area contributed by atoms with Crippen LogP contribution >= 0.6 is 0 Å². The van der Waals surface area contributed by atoms with E-state index < -0.39 is 10.0 Å². The van der Waals surface area contributed by atoms with Gasteiger partial charge in [-0.2, -0.15) is 0 Å². The van der Waals surface area contributed by atoms with Crippen molar-refractivity contribution < 1.29 is 8.42 Å². The minimum absolute atomic E-state index is 0.149. The molecule has 88 valence electrons. The summed E-state index contributed by atoms with van der Waals surface area (Å²) in [4.78, 5) is 0. The van der Waals surface area contributed by atoms with Crippen LogP contribution in [0.25, 0.3) is 0 Å². The first kappa shape index (κ1) is 11.4. The average Bonchev–Trinajstić information content (AvgIpc) is 2.44. The van der Waals surface area contributed by atoms with Gasteiger partial charge in [-0.3, -0.25) is 0 Å². The normalized spacial score (nSPS) is 36.1. The van der Waals surface area contributed by atoms with Crippen molar-refractivity contribution in [3.05, 3.63) is 0 Å². The van der Waals surface area contributed by atoms with E-state index in [1.165, 1.54) is 6.42 Å². The van der Waals surface area contributed by atoms with Crippen molar-refractivity contribution in [3.63, 3.8) is 0 Å². The molecule has 0 spiro atoms. The zero-order chi connectivity index (χ0) is 11.1. The topological polar surface area (TPSA) is 58.2 Å². The number of rotatable bonds is 3. The van der Waals surface area contributed by atoms with Crippen LogP contribution in [0.5, 0.6) is 0 Å². The Morgan fingerprint density at radius 2 is 2.00 bits per heavy atom. The Bertz CT molecular complexity index is 314. The van der Waals surface area contributed by atoms with Crippen molar-refractivity contribution in [2.45, 2.75) is 50.4 Å². The number of sulfonamides is 1. The van der Waals surface area contributed by atoms with Crippen LogP contribution in [0.15, 0.2) is 0 Å². The zero-order valence-corrected chi connectivity index (χ0v) is 10.2. The molecule has 5 heteroatoms. The van der Waals surface area contributed by atoms with Gasteiger partial charge in [-0.1, -0.05) is 0 Å². The van der Waals surface area contributed by atoms with Gasteiger partial charge in [-0.25, -0.2) is 13.1 Å². The summed E-state index contributed by atoms with van der Waals surface area (Å²) in [6.45, 7) is 4.50. The molecule has 2 bridgehead atoms. The van der Waals surface area contributed by atoms with Gasteiger partial charge < -0.3 is 5.32 Å². The van der Waals surface area contributed by atoms with Crippen LogP contribution in [-0.2, 0) is 10.0 Å². The highest BCUT2D eigenvalue weighted by Gasteiger charge is 2.35. The zero-order valence-electron chi connectivity index (χ0n) is 9.36. The fourth-order valence-corrected chi connectivity index (χ4v) is 3.50. The van der Waals surface area contributed by atoms with E-state index >= 15 is 0 Å². The lowest BCUT2D eigenvalue weighted by atomic mass is 9.87. The minimum Gasteiger partial charge on any atom is -0.314 e. The third kappa shape index (κ3) is 2.52. The highest BCUT2D eigenvalue weighted by atomic mass is 32.2. The van der Waals surface area contributed by atoms with Crippen molar-refractivity contribution in [2.75, 3.05) is 6.54 Å². The third-order valence-corrected chi connectivity index (χ3v) is 5.35. The van der Waals surface area contributed by atoms with E-state index in [1.54, 1.807) is 13.8 Å². The second-order valence-corrected chi connectivity index (χ2v) is 7.36. The van der Waals surface area contributed by atoms with E-state index in [4.69, 9.17) is 0 Å². The summed E-state index contributed by atoms with van der Waals surface area (Å²) >= 11 is 0. The molecule has 2 N–H and O–H groups in total. The van der Waals surface area contributed by atoms with E-state index in [0.29, 0.717) is 12.0 Å². The monoisotopic (exact) mass is 232 g/mol. The predicted molar refractivity (Wildman–Crippen MR) is 60.1 cm³/mol.